The number of epoxide rings is 1. The van der Waals surface area contributed by atoms with Crippen LogP contribution in [0, 0.1) is 0 Å². The van der Waals surface area contributed by atoms with E-state index in [9.17, 15) is 0 Å². The van der Waals surface area contributed by atoms with E-state index in [-0.39, 0.29) is 11.7 Å². The molecule has 0 aromatic rings. The first-order valence-electron chi connectivity index (χ1n) is 5.46. The first-order valence-corrected chi connectivity index (χ1v) is 5.46. The lowest BCUT2D eigenvalue weighted by Crippen LogP contribution is -2.36. The molecule has 2 atom stereocenters. The van der Waals surface area contributed by atoms with Crippen molar-refractivity contribution in [1.29, 1.82) is 0 Å². The van der Waals surface area contributed by atoms with E-state index in [1.807, 2.05) is 0 Å². The van der Waals surface area contributed by atoms with Gasteiger partial charge in [0.2, 0.25) is 0 Å². The van der Waals surface area contributed by atoms with Crippen LogP contribution < -0.4 is 0 Å². The molecule has 0 saturated carbocycles. The van der Waals surface area contributed by atoms with Crippen molar-refractivity contribution < 1.29 is 14.2 Å². The molecule has 0 aromatic carbocycles. The Bertz CT molecular complexity index is 217. The minimum Gasteiger partial charge on any atom is -0.370 e. The maximum atomic E-state index is 5.71. The van der Waals surface area contributed by atoms with Crippen molar-refractivity contribution in [1.82, 2.24) is 0 Å². The zero-order valence-electron chi connectivity index (χ0n) is 10.2. The summed E-state index contributed by atoms with van der Waals surface area (Å²) in [5.74, 6) is 0. The molecule has 0 radical (unpaired) electrons. The quantitative estimate of drug-likeness (QED) is 0.370. The van der Waals surface area contributed by atoms with Crippen molar-refractivity contribution in [3.05, 3.63) is 11.6 Å². The molecule has 3 nitrogen and oxygen atoms in total. The van der Waals surface area contributed by atoms with E-state index in [0.717, 1.165) is 19.4 Å². The Kier molecular flexibility index (Phi) is 4.77. The van der Waals surface area contributed by atoms with E-state index in [0.29, 0.717) is 6.79 Å². The van der Waals surface area contributed by atoms with Crippen LogP contribution in [-0.2, 0) is 14.2 Å². The molecule has 1 fully saturated rings. The maximum absolute atomic E-state index is 5.71. The summed E-state index contributed by atoms with van der Waals surface area (Å²) in [5, 5.41) is 0. The summed E-state index contributed by atoms with van der Waals surface area (Å²) in [5.41, 5.74) is 1.16. The molecule has 0 aliphatic carbocycles. The second-order valence-corrected chi connectivity index (χ2v) is 4.51. The van der Waals surface area contributed by atoms with Crippen molar-refractivity contribution in [2.75, 3.05) is 20.5 Å². The predicted octanol–water partition coefficient (Wildman–Crippen LogP) is 2.51. The lowest BCUT2D eigenvalue weighted by atomic mass is 9.95. The molecule has 0 bridgehead atoms. The molecule has 1 aliphatic heterocycles. The van der Waals surface area contributed by atoms with Crippen LogP contribution in [0.3, 0.4) is 0 Å². The largest absolute Gasteiger partial charge is 0.370 e. The van der Waals surface area contributed by atoms with Gasteiger partial charge >= 0.3 is 0 Å². The molecular weight excluding hydrogens is 192 g/mol. The Morgan fingerprint density at radius 3 is 2.67 bits per heavy atom. The molecule has 1 saturated heterocycles. The number of hydrogen-bond donors (Lipinski definition) is 0. The third-order valence-electron chi connectivity index (χ3n) is 2.71. The van der Waals surface area contributed by atoms with Crippen molar-refractivity contribution in [3.63, 3.8) is 0 Å². The highest BCUT2D eigenvalue weighted by Crippen LogP contribution is 2.32. The van der Waals surface area contributed by atoms with Gasteiger partial charge in [0, 0.05) is 7.11 Å². The first kappa shape index (κ1) is 12.7. The average Bonchev–Trinajstić information content (AvgIpc) is 2.97. The van der Waals surface area contributed by atoms with Gasteiger partial charge in [-0.2, -0.15) is 0 Å². The molecule has 2 unspecified atom stereocenters. The minimum absolute atomic E-state index is 0.192. The van der Waals surface area contributed by atoms with Gasteiger partial charge in [-0.15, -0.1) is 0 Å². The van der Waals surface area contributed by atoms with Crippen LogP contribution in [0.5, 0.6) is 0 Å². The third kappa shape index (κ3) is 4.33. The number of rotatable bonds is 7. The van der Waals surface area contributed by atoms with Crippen LogP contribution in [0.4, 0.5) is 0 Å². The van der Waals surface area contributed by atoms with Gasteiger partial charge in [-0.25, -0.2) is 0 Å². The van der Waals surface area contributed by atoms with E-state index >= 15 is 0 Å². The Hall–Kier alpha value is -0.380. The number of ether oxygens (including phenoxy) is 3. The molecule has 15 heavy (non-hydrogen) atoms. The number of hydrogen-bond acceptors (Lipinski definition) is 3. The van der Waals surface area contributed by atoms with Gasteiger partial charge in [0.05, 0.1) is 12.2 Å². The van der Waals surface area contributed by atoms with Gasteiger partial charge in [0.1, 0.15) is 12.9 Å². The highest BCUT2D eigenvalue weighted by molar-refractivity contribution is 4.98. The molecule has 1 aliphatic rings. The number of methoxy groups -OCH3 is 1. The fraction of sp³-hybridized carbons (Fsp3) is 0.833. The normalized spacial score (nSPS) is 23.3. The zero-order valence-corrected chi connectivity index (χ0v) is 10.2. The van der Waals surface area contributed by atoms with Crippen LogP contribution in [0.1, 0.15) is 33.6 Å². The van der Waals surface area contributed by atoms with E-state index < -0.39 is 0 Å². The van der Waals surface area contributed by atoms with E-state index in [2.05, 4.69) is 26.8 Å². The second-order valence-electron chi connectivity index (χ2n) is 4.51. The molecular formula is C12H22O3. The van der Waals surface area contributed by atoms with Crippen LogP contribution in [0.15, 0.2) is 11.6 Å². The van der Waals surface area contributed by atoms with Gasteiger partial charge in [0.25, 0.3) is 0 Å². The van der Waals surface area contributed by atoms with Crippen LogP contribution in [-0.4, -0.2) is 32.2 Å². The van der Waals surface area contributed by atoms with Gasteiger partial charge < -0.3 is 14.2 Å². The van der Waals surface area contributed by atoms with Crippen molar-refractivity contribution >= 4 is 0 Å². The van der Waals surface area contributed by atoms with Gasteiger partial charge in [-0.05, 0) is 33.6 Å². The summed E-state index contributed by atoms with van der Waals surface area (Å²) in [7, 11) is 1.64. The molecule has 0 spiro atoms. The van der Waals surface area contributed by atoms with E-state index in [1.54, 1.807) is 7.11 Å². The summed E-state index contributed by atoms with van der Waals surface area (Å²) in [6.45, 7) is 7.48. The van der Waals surface area contributed by atoms with Crippen molar-refractivity contribution in [2.45, 2.75) is 45.3 Å². The van der Waals surface area contributed by atoms with Crippen molar-refractivity contribution in [3.8, 4) is 0 Å². The summed E-state index contributed by atoms with van der Waals surface area (Å²) in [4.78, 5) is 0. The molecule has 1 rings (SSSR count). The Morgan fingerprint density at radius 1 is 1.53 bits per heavy atom. The Balaban J connectivity index is 2.38. The fourth-order valence-electron chi connectivity index (χ4n) is 1.57. The van der Waals surface area contributed by atoms with Crippen molar-refractivity contribution in [2.24, 2.45) is 0 Å². The first-order chi connectivity index (χ1) is 7.08. The topological polar surface area (TPSA) is 31.0 Å². The summed E-state index contributed by atoms with van der Waals surface area (Å²) < 4.78 is 16.0. The highest BCUT2D eigenvalue weighted by atomic mass is 16.7. The average molecular weight is 214 g/mol. The van der Waals surface area contributed by atoms with E-state index in [1.165, 1.54) is 5.57 Å². The summed E-state index contributed by atoms with van der Waals surface area (Å²) >= 11 is 0. The maximum Gasteiger partial charge on any atom is 0.147 e. The smallest absolute Gasteiger partial charge is 0.147 e. The summed E-state index contributed by atoms with van der Waals surface area (Å²) in [6.07, 6.45) is 4.49. The molecule has 0 N–H and O–H groups in total. The second kappa shape index (κ2) is 5.64. The van der Waals surface area contributed by atoms with Crippen LogP contribution in [0.25, 0.3) is 0 Å². The molecule has 0 amide bonds. The van der Waals surface area contributed by atoms with Gasteiger partial charge in [-0.3, -0.25) is 0 Å². The standard InChI is InChI=1S/C12H22O3/c1-10(2)6-5-7-12(3,11-8-14-11)15-9-13-4/h6,11H,5,7-9H2,1-4H3. The molecule has 3 heteroatoms. The van der Waals surface area contributed by atoms with Crippen LogP contribution in [0.2, 0.25) is 0 Å². The Labute approximate surface area is 92.4 Å². The monoisotopic (exact) mass is 214 g/mol. The minimum atomic E-state index is -0.192. The molecule has 1 heterocycles. The highest BCUT2D eigenvalue weighted by Gasteiger charge is 2.43. The molecule has 88 valence electrons. The number of allylic oxidation sites excluding steroid dienone is 2. The lowest BCUT2D eigenvalue weighted by Gasteiger charge is -2.27. The van der Waals surface area contributed by atoms with Crippen LogP contribution >= 0.6 is 0 Å². The van der Waals surface area contributed by atoms with Gasteiger partial charge in [0.15, 0.2) is 0 Å². The third-order valence-corrected chi connectivity index (χ3v) is 2.71. The zero-order chi connectivity index (χ0) is 11.3. The molecule has 0 aromatic heterocycles. The SMILES string of the molecule is COCOC(C)(CCC=C(C)C)C1CO1. The lowest BCUT2D eigenvalue weighted by molar-refractivity contribution is -0.135. The van der Waals surface area contributed by atoms with Gasteiger partial charge in [-0.1, -0.05) is 11.6 Å². The fourth-order valence-corrected chi connectivity index (χ4v) is 1.57. The van der Waals surface area contributed by atoms with E-state index in [4.69, 9.17) is 14.2 Å². The predicted molar refractivity (Wildman–Crippen MR) is 59.8 cm³/mol. The Morgan fingerprint density at radius 2 is 2.20 bits per heavy atom. The summed E-state index contributed by atoms with van der Waals surface area (Å²) in [6, 6.07) is 0.